The van der Waals surface area contributed by atoms with E-state index in [0.29, 0.717) is 39.1 Å². The van der Waals surface area contributed by atoms with Gasteiger partial charge in [0.05, 0.1) is 5.54 Å². The van der Waals surface area contributed by atoms with Crippen LogP contribution in [0.5, 0.6) is 0 Å². The van der Waals surface area contributed by atoms with Crippen LogP contribution in [0.25, 0.3) is 0 Å². The Balaban J connectivity index is 1.63. The Morgan fingerprint density at radius 2 is 1.78 bits per heavy atom. The minimum absolute atomic E-state index is 0.0952. The number of nitrogens with one attached hydrogen (secondary N) is 2. The zero-order valence-corrected chi connectivity index (χ0v) is 10.5. The minimum atomic E-state index is -0.807. The summed E-state index contributed by atoms with van der Waals surface area (Å²) < 4.78 is 5.19. The summed E-state index contributed by atoms with van der Waals surface area (Å²) in [5.41, 5.74) is 5.22. The van der Waals surface area contributed by atoms with Crippen LogP contribution in [0.15, 0.2) is 0 Å². The van der Waals surface area contributed by atoms with Crippen LogP contribution in [0.3, 0.4) is 0 Å². The number of rotatable bonds is 5. The molecule has 1 heterocycles. The highest BCUT2D eigenvalue weighted by molar-refractivity contribution is 5.86. The van der Waals surface area contributed by atoms with Crippen LogP contribution in [0.2, 0.25) is 0 Å². The molecule has 0 aromatic carbocycles. The van der Waals surface area contributed by atoms with E-state index >= 15 is 0 Å². The van der Waals surface area contributed by atoms with Crippen molar-refractivity contribution < 1.29 is 14.3 Å². The number of carbonyl (C=O) groups excluding carboxylic acids is 2. The molecule has 0 aromatic rings. The van der Waals surface area contributed by atoms with Gasteiger partial charge in [0.1, 0.15) is 0 Å². The van der Waals surface area contributed by atoms with E-state index in [2.05, 4.69) is 10.6 Å². The van der Waals surface area contributed by atoms with E-state index in [1.54, 1.807) is 0 Å². The second-order valence-electron chi connectivity index (χ2n) is 5.09. The number of ether oxygens (including phenoxy) is 1. The summed E-state index contributed by atoms with van der Waals surface area (Å²) >= 11 is 0. The van der Waals surface area contributed by atoms with Gasteiger partial charge < -0.3 is 21.1 Å². The van der Waals surface area contributed by atoms with Gasteiger partial charge in [0.25, 0.3) is 0 Å². The number of hydrogen-bond acceptors (Lipinski definition) is 4. The summed E-state index contributed by atoms with van der Waals surface area (Å²) in [4.78, 5) is 23.3. The monoisotopic (exact) mass is 255 g/mol. The van der Waals surface area contributed by atoms with Crippen LogP contribution < -0.4 is 16.4 Å². The molecule has 2 amide bonds. The average molecular weight is 255 g/mol. The van der Waals surface area contributed by atoms with Crippen molar-refractivity contribution in [1.82, 2.24) is 10.6 Å². The predicted octanol–water partition coefficient (Wildman–Crippen LogP) is -0.863. The van der Waals surface area contributed by atoms with Gasteiger partial charge in [-0.05, 0) is 25.7 Å². The second-order valence-corrected chi connectivity index (χ2v) is 5.09. The van der Waals surface area contributed by atoms with Crippen LogP contribution in [-0.4, -0.2) is 43.7 Å². The van der Waals surface area contributed by atoms with E-state index in [1.165, 1.54) is 0 Å². The molecule has 1 aliphatic heterocycles. The molecule has 2 aliphatic rings. The lowest BCUT2D eigenvalue weighted by Gasteiger charge is -2.31. The van der Waals surface area contributed by atoms with Gasteiger partial charge in [-0.2, -0.15) is 0 Å². The second kappa shape index (κ2) is 5.67. The molecule has 0 aromatic heterocycles. The first-order valence-electron chi connectivity index (χ1n) is 6.54. The molecule has 1 aliphatic carbocycles. The topological polar surface area (TPSA) is 93.5 Å². The van der Waals surface area contributed by atoms with Gasteiger partial charge in [0.2, 0.25) is 11.8 Å². The quantitative estimate of drug-likeness (QED) is 0.557. The summed E-state index contributed by atoms with van der Waals surface area (Å²) in [7, 11) is 0. The Morgan fingerprint density at radius 1 is 1.17 bits per heavy atom. The number of carbonyl (C=O) groups is 2. The summed E-state index contributed by atoms with van der Waals surface area (Å²) in [6.07, 6.45) is 3.08. The van der Waals surface area contributed by atoms with Gasteiger partial charge in [-0.1, -0.05) is 0 Å². The zero-order chi connectivity index (χ0) is 13.0. The summed E-state index contributed by atoms with van der Waals surface area (Å²) in [5, 5.41) is 5.57. The molecule has 2 fully saturated rings. The predicted molar refractivity (Wildman–Crippen MR) is 65.7 cm³/mol. The van der Waals surface area contributed by atoms with Gasteiger partial charge >= 0.3 is 0 Å². The molecule has 0 atom stereocenters. The standard InChI is InChI=1S/C12H21N3O3/c13-12(3-7-18-8-4-12)11(17)15-6-5-14-10(16)9-1-2-9/h9H,1-8,13H2,(H,14,16)(H,15,17). The highest BCUT2D eigenvalue weighted by atomic mass is 16.5. The smallest absolute Gasteiger partial charge is 0.240 e. The van der Waals surface area contributed by atoms with Crippen molar-refractivity contribution in [1.29, 1.82) is 0 Å². The first-order chi connectivity index (χ1) is 8.62. The van der Waals surface area contributed by atoms with Crippen LogP contribution in [-0.2, 0) is 14.3 Å². The van der Waals surface area contributed by atoms with E-state index in [-0.39, 0.29) is 17.7 Å². The number of amides is 2. The Labute approximate surface area is 107 Å². The molecule has 0 bridgehead atoms. The van der Waals surface area contributed by atoms with Crippen molar-refractivity contribution in [3.63, 3.8) is 0 Å². The Bertz CT molecular complexity index is 323. The number of hydrogen-bond donors (Lipinski definition) is 3. The first-order valence-corrected chi connectivity index (χ1v) is 6.54. The Morgan fingerprint density at radius 3 is 2.39 bits per heavy atom. The van der Waals surface area contributed by atoms with Crippen molar-refractivity contribution in [2.24, 2.45) is 11.7 Å². The van der Waals surface area contributed by atoms with Gasteiger partial charge in [0.15, 0.2) is 0 Å². The highest BCUT2D eigenvalue weighted by Gasteiger charge is 2.35. The molecular formula is C12H21N3O3. The van der Waals surface area contributed by atoms with E-state index in [9.17, 15) is 9.59 Å². The summed E-state index contributed by atoms with van der Waals surface area (Å²) in [6, 6.07) is 0. The fraction of sp³-hybridized carbons (Fsp3) is 0.833. The third-order valence-corrected chi connectivity index (χ3v) is 3.50. The minimum Gasteiger partial charge on any atom is -0.381 e. The average Bonchev–Trinajstić information content (AvgIpc) is 3.19. The van der Waals surface area contributed by atoms with Gasteiger partial charge in [-0.3, -0.25) is 9.59 Å². The molecule has 6 nitrogen and oxygen atoms in total. The molecule has 0 unspecified atom stereocenters. The molecule has 1 saturated heterocycles. The molecule has 0 radical (unpaired) electrons. The van der Waals surface area contributed by atoms with Crippen LogP contribution >= 0.6 is 0 Å². The molecule has 0 spiro atoms. The number of nitrogens with two attached hydrogens (primary N) is 1. The van der Waals surface area contributed by atoms with E-state index in [0.717, 1.165) is 12.8 Å². The van der Waals surface area contributed by atoms with Crippen molar-refractivity contribution in [2.75, 3.05) is 26.3 Å². The molecule has 6 heteroatoms. The molecule has 102 valence electrons. The normalized spacial score (nSPS) is 22.3. The van der Waals surface area contributed by atoms with Crippen molar-refractivity contribution in [2.45, 2.75) is 31.2 Å². The van der Waals surface area contributed by atoms with Crippen molar-refractivity contribution in [3.05, 3.63) is 0 Å². The maximum atomic E-state index is 11.9. The van der Waals surface area contributed by atoms with E-state index in [1.807, 2.05) is 0 Å². The SMILES string of the molecule is NC1(C(=O)NCCNC(=O)C2CC2)CCOCC1. The van der Waals surface area contributed by atoms with E-state index in [4.69, 9.17) is 10.5 Å². The molecule has 1 saturated carbocycles. The lowest BCUT2D eigenvalue weighted by molar-refractivity contribution is -0.130. The Kier molecular flexibility index (Phi) is 4.19. The van der Waals surface area contributed by atoms with Gasteiger partial charge in [-0.25, -0.2) is 0 Å². The lowest BCUT2D eigenvalue weighted by atomic mass is 9.90. The maximum Gasteiger partial charge on any atom is 0.240 e. The van der Waals surface area contributed by atoms with Gasteiger partial charge in [0, 0.05) is 32.2 Å². The van der Waals surface area contributed by atoms with Gasteiger partial charge in [-0.15, -0.1) is 0 Å². The molecule has 4 N–H and O–H groups in total. The van der Waals surface area contributed by atoms with Crippen LogP contribution in [0.4, 0.5) is 0 Å². The molecule has 2 rings (SSSR count). The molecular weight excluding hydrogens is 234 g/mol. The zero-order valence-electron chi connectivity index (χ0n) is 10.5. The largest absolute Gasteiger partial charge is 0.381 e. The summed E-state index contributed by atoms with van der Waals surface area (Å²) in [6.45, 7) is 1.95. The fourth-order valence-electron chi connectivity index (χ4n) is 1.99. The van der Waals surface area contributed by atoms with E-state index < -0.39 is 5.54 Å². The third kappa shape index (κ3) is 3.43. The van der Waals surface area contributed by atoms with Crippen molar-refractivity contribution >= 4 is 11.8 Å². The third-order valence-electron chi connectivity index (χ3n) is 3.50. The first kappa shape index (κ1) is 13.3. The van der Waals surface area contributed by atoms with Crippen LogP contribution in [0, 0.1) is 5.92 Å². The van der Waals surface area contributed by atoms with Crippen LogP contribution in [0.1, 0.15) is 25.7 Å². The highest BCUT2D eigenvalue weighted by Crippen LogP contribution is 2.28. The maximum absolute atomic E-state index is 11.9. The van der Waals surface area contributed by atoms with Crippen molar-refractivity contribution in [3.8, 4) is 0 Å². The fourth-order valence-corrected chi connectivity index (χ4v) is 1.99. The lowest BCUT2D eigenvalue weighted by Crippen LogP contribution is -2.57. The Hall–Kier alpha value is -1.14. The molecule has 18 heavy (non-hydrogen) atoms. The summed E-state index contributed by atoms with van der Waals surface area (Å²) in [5.74, 6) is 0.154.